The number of rotatable bonds is 8. The molecule has 0 unspecified atom stereocenters. The molecule has 1 amide bonds. The minimum atomic E-state index is -4.43. The van der Waals surface area contributed by atoms with Crippen molar-refractivity contribution in [1.82, 2.24) is 9.62 Å². The average molecular weight is 481 g/mol. The summed E-state index contributed by atoms with van der Waals surface area (Å²) in [5.41, 5.74) is 0.495. The molecular weight excluding hydrogens is 459 g/mol. The third-order valence-corrected chi connectivity index (χ3v) is 5.92. The molecule has 0 fully saturated rings. The Morgan fingerprint density at radius 1 is 0.939 bits per heavy atom. The number of carbonyl (C=O) groups excluding carboxylic acids is 1. The zero-order valence-corrected chi connectivity index (χ0v) is 18.4. The van der Waals surface area contributed by atoms with Gasteiger partial charge in [-0.2, -0.15) is 13.2 Å². The zero-order valence-electron chi connectivity index (χ0n) is 17.6. The number of benzene rings is 3. The lowest BCUT2D eigenvalue weighted by Gasteiger charge is -2.18. The number of carbonyl (C=O) groups is 1. The van der Waals surface area contributed by atoms with Gasteiger partial charge in [0.25, 0.3) is 0 Å². The van der Waals surface area contributed by atoms with Crippen molar-refractivity contribution >= 4 is 17.9 Å². The third kappa shape index (κ3) is 7.03. The highest BCUT2D eigenvalue weighted by Crippen LogP contribution is 2.31. The molecule has 0 aliphatic carbocycles. The van der Waals surface area contributed by atoms with Gasteiger partial charge < -0.3 is 5.32 Å². The molecule has 0 spiro atoms. The van der Waals surface area contributed by atoms with E-state index in [0.29, 0.717) is 17.7 Å². The summed E-state index contributed by atoms with van der Waals surface area (Å²) in [5, 5.41) is 2.66. The standard InChI is InChI=1S/C24H21F5N2OS/c1-2-31(33-21-10-8-20(25)9-11-21)15-23(32)30-14-18-13-17(5-12-22(18)26)16-3-6-19(7-4-16)24(27,28)29/h3-13H,2,14-15H2,1H3,(H,30,32). The molecule has 0 heterocycles. The van der Waals surface area contributed by atoms with Crippen LogP contribution >= 0.6 is 11.9 Å². The smallest absolute Gasteiger partial charge is 0.351 e. The Morgan fingerprint density at radius 2 is 1.58 bits per heavy atom. The van der Waals surface area contributed by atoms with Gasteiger partial charge in [0.15, 0.2) is 0 Å². The number of hydrogen-bond donors (Lipinski definition) is 1. The van der Waals surface area contributed by atoms with Crippen molar-refractivity contribution in [3.63, 3.8) is 0 Å². The van der Waals surface area contributed by atoms with E-state index in [0.717, 1.165) is 17.0 Å². The molecule has 1 N–H and O–H groups in total. The van der Waals surface area contributed by atoms with Crippen molar-refractivity contribution in [3.8, 4) is 11.1 Å². The van der Waals surface area contributed by atoms with Gasteiger partial charge in [-0.3, -0.25) is 4.79 Å². The normalized spacial score (nSPS) is 11.6. The van der Waals surface area contributed by atoms with Crippen molar-refractivity contribution in [2.24, 2.45) is 0 Å². The number of hydrogen-bond acceptors (Lipinski definition) is 3. The van der Waals surface area contributed by atoms with Crippen LogP contribution in [0.4, 0.5) is 22.0 Å². The van der Waals surface area contributed by atoms with Crippen molar-refractivity contribution < 1.29 is 26.7 Å². The van der Waals surface area contributed by atoms with E-state index < -0.39 is 17.6 Å². The molecule has 174 valence electrons. The van der Waals surface area contributed by atoms with Gasteiger partial charge in [0.1, 0.15) is 11.6 Å². The van der Waals surface area contributed by atoms with E-state index in [2.05, 4.69) is 5.32 Å². The second kappa shape index (κ2) is 10.8. The highest BCUT2D eigenvalue weighted by Gasteiger charge is 2.30. The number of nitrogens with one attached hydrogen (secondary N) is 1. The van der Waals surface area contributed by atoms with E-state index in [9.17, 15) is 26.7 Å². The van der Waals surface area contributed by atoms with Crippen molar-refractivity contribution in [2.75, 3.05) is 13.1 Å². The number of alkyl halides is 3. The number of nitrogens with zero attached hydrogens (tertiary/aromatic N) is 1. The second-order valence-corrected chi connectivity index (χ2v) is 8.33. The van der Waals surface area contributed by atoms with Crippen molar-refractivity contribution in [2.45, 2.75) is 24.5 Å². The predicted octanol–water partition coefficient (Wildman–Crippen LogP) is 6.30. The monoisotopic (exact) mass is 480 g/mol. The Morgan fingerprint density at radius 3 is 2.18 bits per heavy atom. The first-order valence-electron chi connectivity index (χ1n) is 10.1. The van der Waals surface area contributed by atoms with E-state index in [4.69, 9.17) is 0 Å². The predicted molar refractivity (Wildman–Crippen MR) is 118 cm³/mol. The van der Waals surface area contributed by atoms with Gasteiger partial charge in [0.2, 0.25) is 5.91 Å². The van der Waals surface area contributed by atoms with Gasteiger partial charge in [-0.05, 0) is 71.6 Å². The summed E-state index contributed by atoms with van der Waals surface area (Å²) in [4.78, 5) is 13.2. The van der Waals surface area contributed by atoms with Gasteiger partial charge in [-0.1, -0.05) is 25.1 Å². The maximum absolute atomic E-state index is 14.3. The SMILES string of the molecule is CCN(CC(=O)NCc1cc(-c2ccc(C(F)(F)F)cc2)ccc1F)Sc1ccc(F)cc1. The van der Waals surface area contributed by atoms with Crippen LogP contribution in [0.2, 0.25) is 0 Å². The summed E-state index contributed by atoms with van der Waals surface area (Å²) in [6.07, 6.45) is -4.43. The Balaban J connectivity index is 1.62. The summed E-state index contributed by atoms with van der Waals surface area (Å²) >= 11 is 1.30. The lowest BCUT2D eigenvalue weighted by molar-refractivity contribution is -0.137. The molecule has 0 radical (unpaired) electrons. The van der Waals surface area contributed by atoms with E-state index in [1.165, 1.54) is 54.4 Å². The maximum Gasteiger partial charge on any atom is 0.416 e. The molecule has 0 bridgehead atoms. The molecular formula is C24H21F5N2OS. The fraction of sp³-hybridized carbons (Fsp3) is 0.208. The number of halogens is 5. The molecule has 0 saturated heterocycles. The molecule has 0 aromatic heterocycles. The van der Waals surface area contributed by atoms with Gasteiger partial charge in [-0.25, -0.2) is 13.1 Å². The summed E-state index contributed by atoms with van der Waals surface area (Å²) < 4.78 is 67.4. The molecule has 9 heteroatoms. The summed E-state index contributed by atoms with van der Waals surface area (Å²) in [6, 6.07) is 14.7. The minimum absolute atomic E-state index is 0.0404. The maximum atomic E-state index is 14.3. The molecule has 3 rings (SSSR count). The number of likely N-dealkylation sites (N-methyl/N-ethyl adjacent to an activating group) is 1. The molecule has 0 saturated carbocycles. The highest BCUT2D eigenvalue weighted by atomic mass is 32.2. The van der Waals surface area contributed by atoms with Gasteiger partial charge in [0, 0.05) is 23.5 Å². The van der Waals surface area contributed by atoms with Gasteiger partial charge in [0.05, 0.1) is 12.1 Å². The van der Waals surface area contributed by atoms with Crippen LogP contribution < -0.4 is 5.32 Å². The molecule has 3 aromatic carbocycles. The summed E-state index contributed by atoms with van der Waals surface area (Å²) in [6.45, 7) is 2.39. The van der Waals surface area contributed by atoms with Crippen molar-refractivity contribution in [1.29, 1.82) is 0 Å². The quantitative estimate of drug-likeness (QED) is 0.304. The van der Waals surface area contributed by atoms with Gasteiger partial charge >= 0.3 is 6.18 Å². The fourth-order valence-electron chi connectivity index (χ4n) is 3.00. The average Bonchev–Trinajstić information content (AvgIpc) is 2.79. The van der Waals surface area contributed by atoms with Gasteiger partial charge in [-0.15, -0.1) is 0 Å². The third-order valence-electron chi connectivity index (χ3n) is 4.79. The van der Waals surface area contributed by atoms with Crippen LogP contribution in [0, 0.1) is 11.6 Å². The summed E-state index contributed by atoms with van der Waals surface area (Å²) in [5.74, 6) is -1.20. The minimum Gasteiger partial charge on any atom is -0.351 e. The molecule has 0 aliphatic rings. The highest BCUT2D eigenvalue weighted by molar-refractivity contribution is 7.97. The van der Waals surface area contributed by atoms with Crippen LogP contribution in [-0.4, -0.2) is 23.3 Å². The first-order valence-corrected chi connectivity index (χ1v) is 10.8. The Bertz CT molecular complexity index is 1090. The van der Waals surface area contributed by atoms with Crippen LogP contribution in [0.15, 0.2) is 71.6 Å². The molecule has 0 aliphatic heterocycles. The molecule has 33 heavy (non-hydrogen) atoms. The molecule has 3 nitrogen and oxygen atoms in total. The Kier molecular flexibility index (Phi) is 8.10. The fourth-order valence-corrected chi connectivity index (χ4v) is 3.87. The van der Waals surface area contributed by atoms with E-state index >= 15 is 0 Å². The Hall–Kier alpha value is -2.91. The lowest BCUT2D eigenvalue weighted by atomic mass is 10.0. The van der Waals surface area contributed by atoms with Crippen molar-refractivity contribution in [3.05, 3.63) is 89.5 Å². The first-order chi connectivity index (χ1) is 15.7. The largest absolute Gasteiger partial charge is 0.416 e. The van der Waals surface area contributed by atoms with Crippen LogP contribution in [0.3, 0.4) is 0 Å². The van der Waals surface area contributed by atoms with E-state index in [1.807, 2.05) is 6.92 Å². The zero-order chi connectivity index (χ0) is 24.0. The summed E-state index contributed by atoms with van der Waals surface area (Å²) in [7, 11) is 0. The Labute approximate surface area is 192 Å². The first kappa shape index (κ1) is 24.7. The van der Waals surface area contributed by atoms with Crippen LogP contribution in [0.5, 0.6) is 0 Å². The van der Waals surface area contributed by atoms with Crippen LogP contribution in [0.1, 0.15) is 18.1 Å². The topological polar surface area (TPSA) is 32.3 Å². The lowest BCUT2D eigenvalue weighted by Crippen LogP contribution is -2.33. The van der Waals surface area contributed by atoms with Crippen LogP contribution in [0.25, 0.3) is 11.1 Å². The second-order valence-electron chi connectivity index (χ2n) is 7.16. The van der Waals surface area contributed by atoms with E-state index in [1.54, 1.807) is 16.4 Å². The van der Waals surface area contributed by atoms with Crippen LogP contribution in [-0.2, 0) is 17.5 Å². The number of amides is 1. The molecule has 0 atom stereocenters. The molecule has 3 aromatic rings. The van der Waals surface area contributed by atoms with E-state index in [-0.39, 0.29) is 30.4 Å².